The first kappa shape index (κ1) is 10.3. The molecule has 0 radical (unpaired) electrons. The second kappa shape index (κ2) is 4.51. The van der Waals surface area contributed by atoms with Crippen LogP contribution in [-0.2, 0) is 6.42 Å². The van der Waals surface area contributed by atoms with Gasteiger partial charge in [0.2, 0.25) is 0 Å². The number of anilines is 1. The molecule has 0 spiro atoms. The first-order valence-electron chi connectivity index (χ1n) is 5.39. The van der Waals surface area contributed by atoms with Gasteiger partial charge in [-0.15, -0.1) is 0 Å². The average Bonchev–Trinajstić information content (AvgIpc) is 2.26. The SMILES string of the molecule is CC(F)COc1ccc2c(c1)NCCC2. The zero-order valence-corrected chi connectivity index (χ0v) is 8.92. The highest BCUT2D eigenvalue weighted by Gasteiger charge is 2.09. The van der Waals surface area contributed by atoms with E-state index in [0.29, 0.717) is 0 Å². The first-order chi connectivity index (χ1) is 7.25. The molecule has 0 aromatic heterocycles. The molecule has 0 saturated carbocycles. The molecule has 0 saturated heterocycles. The molecule has 1 aromatic rings. The normalized spacial score (nSPS) is 16.4. The second-order valence-corrected chi connectivity index (χ2v) is 3.94. The number of hydrogen-bond acceptors (Lipinski definition) is 2. The minimum absolute atomic E-state index is 0.124. The van der Waals surface area contributed by atoms with Crippen molar-refractivity contribution < 1.29 is 9.13 Å². The van der Waals surface area contributed by atoms with E-state index >= 15 is 0 Å². The van der Waals surface area contributed by atoms with Crippen molar-refractivity contribution in [1.82, 2.24) is 0 Å². The number of rotatable bonds is 3. The molecule has 1 heterocycles. The van der Waals surface area contributed by atoms with Gasteiger partial charge in [0.05, 0.1) is 0 Å². The lowest BCUT2D eigenvalue weighted by Crippen LogP contribution is -2.12. The zero-order chi connectivity index (χ0) is 10.7. The summed E-state index contributed by atoms with van der Waals surface area (Å²) in [6, 6.07) is 5.92. The lowest BCUT2D eigenvalue weighted by atomic mass is 10.0. The summed E-state index contributed by atoms with van der Waals surface area (Å²) in [5, 5.41) is 3.32. The fraction of sp³-hybridized carbons (Fsp3) is 0.500. The Labute approximate surface area is 89.4 Å². The van der Waals surface area contributed by atoms with Crippen molar-refractivity contribution in [3.63, 3.8) is 0 Å². The number of halogens is 1. The molecule has 1 aromatic carbocycles. The summed E-state index contributed by atoms with van der Waals surface area (Å²) in [5.74, 6) is 0.743. The van der Waals surface area contributed by atoms with Crippen molar-refractivity contribution in [2.75, 3.05) is 18.5 Å². The summed E-state index contributed by atoms with van der Waals surface area (Å²) >= 11 is 0. The molecule has 0 fully saturated rings. The molecule has 82 valence electrons. The van der Waals surface area contributed by atoms with Gasteiger partial charge in [0.15, 0.2) is 0 Å². The van der Waals surface area contributed by atoms with Gasteiger partial charge in [0, 0.05) is 18.3 Å². The van der Waals surface area contributed by atoms with Crippen LogP contribution in [0.4, 0.5) is 10.1 Å². The molecule has 1 aliphatic heterocycles. The maximum absolute atomic E-state index is 12.6. The third kappa shape index (κ3) is 2.61. The Hall–Kier alpha value is -1.25. The number of alkyl halides is 1. The standard InChI is InChI=1S/C12H16FNO/c1-9(13)8-15-11-5-4-10-3-2-6-14-12(10)7-11/h4-5,7,9,14H,2-3,6,8H2,1H3. The zero-order valence-electron chi connectivity index (χ0n) is 8.92. The highest BCUT2D eigenvalue weighted by molar-refractivity contribution is 5.56. The Kier molecular flexibility index (Phi) is 3.09. The van der Waals surface area contributed by atoms with E-state index in [0.717, 1.165) is 24.4 Å². The summed E-state index contributed by atoms with van der Waals surface area (Å²) in [6.07, 6.45) is 1.37. The highest BCUT2D eigenvalue weighted by Crippen LogP contribution is 2.26. The van der Waals surface area contributed by atoms with Crippen LogP contribution in [-0.4, -0.2) is 19.3 Å². The maximum Gasteiger partial charge on any atom is 0.131 e. The Morgan fingerprint density at radius 3 is 3.20 bits per heavy atom. The van der Waals surface area contributed by atoms with E-state index in [2.05, 4.69) is 11.4 Å². The first-order valence-corrected chi connectivity index (χ1v) is 5.39. The molecule has 1 N–H and O–H groups in total. The van der Waals surface area contributed by atoms with Crippen LogP contribution in [0.15, 0.2) is 18.2 Å². The lowest BCUT2D eigenvalue weighted by Gasteiger charge is -2.18. The van der Waals surface area contributed by atoms with E-state index in [1.54, 1.807) is 0 Å². The molecule has 2 nitrogen and oxygen atoms in total. The third-order valence-corrected chi connectivity index (χ3v) is 2.50. The summed E-state index contributed by atoms with van der Waals surface area (Å²) < 4.78 is 17.9. The average molecular weight is 209 g/mol. The number of fused-ring (bicyclic) bond motifs is 1. The lowest BCUT2D eigenvalue weighted by molar-refractivity contribution is 0.210. The summed E-state index contributed by atoms with van der Waals surface area (Å²) in [6.45, 7) is 2.63. The van der Waals surface area contributed by atoms with E-state index in [-0.39, 0.29) is 6.61 Å². The van der Waals surface area contributed by atoms with Crippen molar-refractivity contribution in [3.05, 3.63) is 23.8 Å². The van der Waals surface area contributed by atoms with Crippen molar-refractivity contribution in [2.24, 2.45) is 0 Å². The van der Waals surface area contributed by atoms with E-state index in [1.807, 2.05) is 12.1 Å². The summed E-state index contributed by atoms with van der Waals surface area (Å²) in [7, 11) is 0. The Balaban J connectivity index is 2.07. The van der Waals surface area contributed by atoms with Gasteiger partial charge in [0.1, 0.15) is 18.5 Å². The van der Waals surface area contributed by atoms with Crippen LogP contribution in [0.3, 0.4) is 0 Å². The van der Waals surface area contributed by atoms with Crippen molar-refractivity contribution in [2.45, 2.75) is 25.9 Å². The molecule has 0 amide bonds. The van der Waals surface area contributed by atoms with Crippen LogP contribution in [0.2, 0.25) is 0 Å². The topological polar surface area (TPSA) is 21.3 Å². The van der Waals surface area contributed by atoms with Gasteiger partial charge in [-0.25, -0.2) is 4.39 Å². The summed E-state index contributed by atoms with van der Waals surface area (Å²) in [5.41, 5.74) is 2.45. The molecule has 0 bridgehead atoms. The minimum Gasteiger partial charge on any atom is -0.490 e. The third-order valence-electron chi connectivity index (χ3n) is 2.50. The van der Waals surface area contributed by atoms with Crippen LogP contribution in [0, 0.1) is 0 Å². The van der Waals surface area contributed by atoms with Gasteiger partial charge in [-0.2, -0.15) is 0 Å². The predicted octanol–water partition coefficient (Wildman–Crippen LogP) is 2.78. The van der Waals surface area contributed by atoms with Gasteiger partial charge in [-0.1, -0.05) is 6.07 Å². The van der Waals surface area contributed by atoms with Gasteiger partial charge >= 0.3 is 0 Å². The van der Waals surface area contributed by atoms with Crippen LogP contribution in [0.1, 0.15) is 18.9 Å². The Bertz CT molecular complexity index is 338. The number of nitrogens with one attached hydrogen (secondary N) is 1. The molecular formula is C12H16FNO. The molecule has 1 unspecified atom stereocenters. The minimum atomic E-state index is -0.922. The molecule has 0 aliphatic carbocycles. The van der Waals surface area contributed by atoms with E-state index in [9.17, 15) is 4.39 Å². The van der Waals surface area contributed by atoms with Crippen LogP contribution in [0.5, 0.6) is 5.75 Å². The number of aryl methyl sites for hydroxylation is 1. The van der Waals surface area contributed by atoms with Gasteiger partial charge in [-0.05, 0) is 31.4 Å². The van der Waals surface area contributed by atoms with Crippen LogP contribution in [0.25, 0.3) is 0 Å². The molecule has 1 aliphatic rings. The molecule has 15 heavy (non-hydrogen) atoms. The number of hydrogen-bond donors (Lipinski definition) is 1. The summed E-state index contributed by atoms with van der Waals surface area (Å²) in [4.78, 5) is 0. The maximum atomic E-state index is 12.6. The van der Waals surface area contributed by atoms with Gasteiger partial charge in [0.25, 0.3) is 0 Å². The van der Waals surface area contributed by atoms with Crippen molar-refractivity contribution in [3.8, 4) is 5.75 Å². The number of ether oxygens (including phenoxy) is 1. The van der Waals surface area contributed by atoms with Crippen LogP contribution < -0.4 is 10.1 Å². The Morgan fingerprint density at radius 2 is 2.40 bits per heavy atom. The van der Waals surface area contributed by atoms with Gasteiger partial charge < -0.3 is 10.1 Å². The van der Waals surface area contributed by atoms with Crippen LogP contribution >= 0.6 is 0 Å². The Morgan fingerprint density at radius 1 is 1.53 bits per heavy atom. The van der Waals surface area contributed by atoms with E-state index in [1.165, 1.54) is 18.9 Å². The smallest absolute Gasteiger partial charge is 0.131 e. The molecule has 1 atom stereocenters. The quantitative estimate of drug-likeness (QED) is 0.826. The van der Waals surface area contributed by atoms with Crippen molar-refractivity contribution in [1.29, 1.82) is 0 Å². The van der Waals surface area contributed by atoms with Crippen molar-refractivity contribution >= 4 is 5.69 Å². The largest absolute Gasteiger partial charge is 0.490 e. The fourth-order valence-electron chi connectivity index (χ4n) is 1.74. The van der Waals surface area contributed by atoms with E-state index < -0.39 is 6.17 Å². The van der Waals surface area contributed by atoms with Gasteiger partial charge in [-0.3, -0.25) is 0 Å². The molecule has 2 rings (SSSR count). The molecular weight excluding hydrogens is 193 g/mol. The highest BCUT2D eigenvalue weighted by atomic mass is 19.1. The fourth-order valence-corrected chi connectivity index (χ4v) is 1.74. The monoisotopic (exact) mass is 209 g/mol. The predicted molar refractivity (Wildman–Crippen MR) is 59.3 cm³/mol. The van der Waals surface area contributed by atoms with E-state index in [4.69, 9.17) is 4.74 Å². The molecule has 3 heteroatoms. The second-order valence-electron chi connectivity index (χ2n) is 3.94. The number of benzene rings is 1.